The number of hydrogen-bond donors (Lipinski definition) is 0. The molecule has 12 heavy (non-hydrogen) atoms. The van der Waals surface area contributed by atoms with Gasteiger partial charge in [-0.2, -0.15) is 0 Å². The summed E-state index contributed by atoms with van der Waals surface area (Å²) in [6, 6.07) is 3.04. The van der Waals surface area contributed by atoms with Gasteiger partial charge in [-0.1, -0.05) is 13.8 Å². The van der Waals surface area contributed by atoms with Crippen molar-refractivity contribution in [2.75, 3.05) is 0 Å². The van der Waals surface area contributed by atoms with E-state index in [1.54, 1.807) is 13.0 Å². The van der Waals surface area contributed by atoms with E-state index in [1.165, 1.54) is 12.3 Å². The third-order valence-corrected chi connectivity index (χ3v) is 1.11. The van der Waals surface area contributed by atoms with Crippen LogP contribution in [0.15, 0.2) is 18.3 Å². The Hall–Kier alpha value is -1.45. The molecule has 4 heteroatoms. The number of nitrogens with zero attached hydrogens (tertiary/aromatic N) is 2. The Balaban J connectivity index is 0.000000561. The van der Waals surface area contributed by atoms with E-state index in [-0.39, 0.29) is 5.69 Å². The molecular formula is C8H12N2O2. The second kappa shape index (κ2) is 5.23. The molecule has 1 aromatic heterocycles. The quantitative estimate of drug-likeness (QED) is 0.477. The van der Waals surface area contributed by atoms with Crippen LogP contribution in [0.2, 0.25) is 0 Å². The fourth-order valence-corrected chi connectivity index (χ4v) is 0.568. The zero-order valence-corrected chi connectivity index (χ0v) is 7.44. The molecule has 0 radical (unpaired) electrons. The monoisotopic (exact) mass is 168 g/mol. The first-order valence-corrected chi connectivity index (χ1v) is 3.77. The first-order chi connectivity index (χ1) is 5.70. The second-order valence-corrected chi connectivity index (χ2v) is 1.91. The van der Waals surface area contributed by atoms with Crippen molar-refractivity contribution < 1.29 is 4.92 Å². The Bertz CT molecular complexity index is 244. The summed E-state index contributed by atoms with van der Waals surface area (Å²) in [7, 11) is 0. The zero-order chi connectivity index (χ0) is 9.56. The van der Waals surface area contributed by atoms with Gasteiger partial charge in [0, 0.05) is 11.8 Å². The fraction of sp³-hybridized carbons (Fsp3) is 0.375. The Kier molecular flexibility index (Phi) is 4.60. The molecule has 0 fully saturated rings. The summed E-state index contributed by atoms with van der Waals surface area (Å²) in [5.41, 5.74) is 0.816. The summed E-state index contributed by atoms with van der Waals surface area (Å²) in [5, 5.41) is 10.1. The highest BCUT2D eigenvalue weighted by molar-refractivity contribution is 5.26. The van der Waals surface area contributed by atoms with Gasteiger partial charge in [0.2, 0.25) is 0 Å². The third kappa shape index (κ3) is 3.09. The van der Waals surface area contributed by atoms with Crippen molar-refractivity contribution in [3.05, 3.63) is 34.1 Å². The number of hydrogen-bond acceptors (Lipinski definition) is 3. The predicted octanol–water partition coefficient (Wildman–Crippen LogP) is 2.32. The minimum absolute atomic E-state index is 0.0330. The van der Waals surface area contributed by atoms with Crippen molar-refractivity contribution in [1.82, 2.24) is 4.98 Å². The summed E-state index contributed by atoms with van der Waals surface area (Å²) in [4.78, 5) is 13.4. The number of rotatable bonds is 1. The third-order valence-electron chi connectivity index (χ3n) is 1.11. The van der Waals surface area contributed by atoms with E-state index in [1.807, 2.05) is 13.8 Å². The lowest BCUT2D eigenvalue weighted by Gasteiger charge is -1.89. The topological polar surface area (TPSA) is 56.0 Å². The highest BCUT2D eigenvalue weighted by Gasteiger charge is 2.01. The summed E-state index contributed by atoms with van der Waals surface area (Å²) in [6.45, 7) is 5.78. The Morgan fingerprint density at radius 2 is 2.00 bits per heavy atom. The van der Waals surface area contributed by atoms with Crippen LogP contribution in [0.3, 0.4) is 0 Å². The van der Waals surface area contributed by atoms with Gasteiger partial charge in [0.05, 0.1) is 4.92 Å². The zero-order valence-electron chi connectivity index (χ0n) is 7.44. The average molecular weight is 168 g/mol. The van der Waals surface area contributed by atoms with Crippen LogP contribution in [0.1, 0.15) is 19.5 Å². The normalized spacial score (nSPS) is 8.25. The molecule has 0 N–H and O–H groups in total. The maximum absolute atomic E-state index is 10.1. The van der Waals surface area contributed by atoms with E-state index in [0.717, 1.165) is 5.69 Å². The first-order valence-electron chi connectivity index (χ1n) is 3.77. The molecule has 0 unspecified atom stereocenters. The molecule has 0 saturated carbocycles. The van der Waals surface area contributed by atoms with Gasteiger partial charge >= 0.3 is 0 Å². The van der Waals surface area contributed by atoms with Gasteiger partial charge in [0.15, 0.2) is 0 Å². The van der Waals surface area contributed by atoms with Gasteiger partial charge in [-0.25, -0.2) is 0 Å². The molecule has 0 bridgehead atoms. The summed E-state index contributed by atoms with van der Waals surface area (Å²) in [6.07, 6.45) is 1.25. The van der Waals surface area contributed by atoms with Crippen LogP contribution in [0.25, 0.3) is 0 Å². The SMILES string of the molecule is CC.Cc1ccc([N+](=O)[O-])cn1. The first kappa shape index (κ1) is 10.6. The van der Waals surface area contributed by atoms with Gasteiger partial charge in [-0.3, -0.25) is 15.1 Å². The van der Waals surface area contributed by atoms with Crippen LogP contribution in [0.5, 0.6) is 0 Å². The fourth-order valence-electron chi connectivity index (χ4n) is 0.568. The second-order valence-electron chi connectivity index (χ2n) is 1.91. The van der Waals surface area contributed by atoms with Crippen molar-refractivity contribution >= 4 is 5.69 Å². The van der Waals surface area contributed by atoms with E-state index in [2.05, 4.69) is 4.98 Å². The molecule has 0 spiro atoms. The molecule has 0 aliphatic heterocycles. The predicted molar refractivity (Wildman–Crippen MR) is 47.0 cm³/mol. The smallest absolute Gasteiger partial charge is 0.258 e. The highest BCUT2D eigenvalue weighted by atomic mass is 16.6. The molecular weight excluding hydrogens is 156 g/mol. The van der Waals surface area contributed by atoms with Crippen LogP contribution < -0.4 is 0 Å². The van der Waals surface area contributed by atoms with Crippen molar-refractivity contribution in [3.8, 4) is 0 Å². The maximum atomic E-state index is 10.1. The summed E-state index contributed by atoms with van der Waals surface area (Å²) in [5.74, 6) is 0. The minimum Gasteiger partial charge on any atom is -0.258 e. The van der Waals surface area contributed by atoms with Gasteiger partial charge in [0.25, 0.3) is 5.69 Å². The maximum Gasteiger partial charge on any atom is 0.287 e. The van der Waals surface area contributed by atoms with E-state index in [9.17, 15) is 10.1 Å². The van der Waals surface area contributed by atoms with E-state index in [4.69, 9.17) is 0 Å². The lowest BCUT2D eigenvalue weighted by Crippen LogP contribution is -1.88. The summed E-state index contributed by atoms with van der Waals surface area (Å²) >= 11 is 0. The molecule has 0 aromatic carbocycles. The van der Waals surface area contributed by atoms with Crippen molar-refractivity contribution in [3.63, 3.8) is 0 Å². The lowest BCUT2D eigenvalue weighted by atomic mass is 10.3. The van der Waals surface area contributed by atoms with Gasteiger partial charge in [-0.15, -0.1) is 0 Å². The molecule has 0 aliphatic rings. The van der Waals surface area contributed by atoms with Crippen LogP contribution in [-0.2, 0) is 0 Å². The van der Waals surface area contributed by atoms with Gasteiger partial charge < -0.3 is 0 Å². The van der Waals surface area contributed by atoms with Crippen molar-refractivity contribution in [1.29, 1.82) is 0 Å². The van der Waals surface area contributed by atoms with Crippen LogP contribution in [0, 0.1) is 17.0 Å². The van der Waals surface area contributed by atoms with E-state index < -0.39 is 4.92 Å². The van der Waals surface area contributed by atoms with Crippen LogP contribution in [-0.4, -0.2) is 9.91 Å². The molecule has 0 saturated heterocycles. The molecule has 1 aromatic rings. The largest absolute Gasteiger partial charge is 0.287 e. The van der Waals surface area contributed by atoms with Gasteiger partial charge in [-0.05, 0) is 13.0 Å². The Morgan fingerprint density at radius 1 is 1.42 bits per heavy atom. The average Bonchev–Trinajstić information content (AvgIpc) is 2.09. The Morgan fingerprint density at radius 3 is 2.33 bits per heavy atom. The van der Waals surface area contributed by atoms with Crippen LogP contribution in [0.4, 0.5) is 5.69 Å². The molecule has 66 valence electrons. The lowest BCUT2D eigenvalue weighted by molar-refractivity contribution is -0.385. The van der Waals surface area contributed by atoms with E-state index in [0.29, 0.717) is 0 Å². The summed E-state index contributed by atoms with van der Waals surface area (Å²) < 4.78 is 0. The molecule has 0 aliphatic carbocycles. The molecule has 1 rings (SSSR count). The minimum atomic E-state index is -0.466. The van der Waals surface area contributed by atoms with Gasteiger partial charge in [0.1, 0.15) is 6.20 Å². The number of aryl methyl sites for hydroxylation is 1. The molecule has 1 heterocycles. The highest BCUT2D eigenvalue weighted by Crippen LogP contribution is 2.07. The van der Waals surface area contributed by atoms with Crippen molar-refractivity contribution in [2.45, 2.75) is 20.8 Å². The number of nitro groups is 1. The molecule has 4 nitrogen and oxygen atoms in total. The van der Waals surface area contributed by atoms with Crippen molar-refractivity contribution in [2.24, 2.45) is 0 Å². The Labute approximate surface area is 71.4 Å². The molecule has 0 amide bonds. The standard InChI is InChI=1S/C6H6N2O2.C2H6/c1-5-2-3-6(4-7-5)8(9)10;1-2/h2-4H,1H3;1-2H3. The molecule has 0 atom stereocenters. The van der Waals surface area contributed by atoms with Crippen LogP contribution >= 0.6 is 0 Å². The van der Waals surface area contributed by atoms with E-state index >= 15 is 0 Å². The number of aromatic nitrogens is 1. The number of pyridine rings is 1.